The van der Waals surface area contributed by atoms with Gasteiger partial charge in [0.15, 0.2) is 0 Å². The van der Waals surface area contributed by atoms with Crippen molar-refractivity contribution in [2.24, 2.45) is 0 Å². The zero-order valence-corrected chi connectivity index (χ0v) is 13.4. The monoisotopic (exact) mass is 327 g/mol. The van der Waals surface area contributed by atoms with E-state index in [1.807, 2.05) is 6.07 Å². The second kappa shape index (κ2) is 6.83. The molecule has 0 unspecified atom stereocenters. The molecule has 0 saturated heterocycles. The number of esters is 1. The number of nitrogens with zero attached hydrogens (tertiary/aromatic N) is 1. The highest BCUT2D eigenvalue weighted by atomic mass is 19.1. The molecule has 0 radical (unpaired) electrons. The second-order valence-electron chi connectivity index (χ2n) is 5.75. The summed E-state index contributed by atoms with van der Waals surface area (Å²) in [5, 5.41) is 0. The number of hydrogen-bond donors (Lipinski definition) is 0. The lowest BCUT2D eigenvalue weighted by Gasteiger charge is -2.30. The van der Waals surface area contributed by atoms with E-state index in [2.05, 4.69) is 0 Å². The summed E-state index contributed by atoms with van der Waals surface area (Å²) in [6.07, 6.45) is 1.62. The van der Waals surface area contributed by atoms with E-state index in [0.29, 0.717) is 17.7 Å². The molecule has 1 aliphatic rings. The largest absolute Gasteiger partial charge is 0.465 e. The molecule has 1 aliphatic heterocycles. The molecule has 1 heterocycles. The molecule has 0 aliphatic carbocycles. The zero-order valence-electron chi connectivity index (χ0n) is 13.4. The van der Waals surface area contributed by atoms with Crippen LogP contribution in [-0.2, 0) is 22.4 Å². The predicted octanol–water partition coefficient (Wildman–Crippen LogP) is 3.13. The molecule has 0 bridgehead atoms. The molecular weight excluding hydrogens is 309 g/mol. The number of fused-ring (bicyclic) bond motifs is 1. The zero-order chi connectivity index (χ0) is 17.1. The van der Waals surface area contributed by atoms with Crippen LogP contribution in [0, 0.1) is 5.82 Å². The summed E-state index contributed by atoms with van der Waals surface area (Å²) < 4.78 is 18.1. The van der Waals surface area contributed by atoms with Gasteiger partial charge in [-0.15, -0.1) is 0 Å². The molecule has 0 saturated carbocycles. The number of halogens is 1. The molecular formula is C19H18FNO3. The van der Waals surface area contributed by atoms with Crippen LogP contribution in [0.3, 0.4) is 0 Å². The Morgan fingerprint density at radius 2 is 2.00 bits per heavy atom. The number of hydrogen-bond acceptors (Lipinski definition) is 3. The third kappa shape index (κ3) is 3.15. The van der Waals surface area contributed by atoms with Crippen molar-refractivity contribution in [3.8, 4) is 0 Å². The van der Waals surface area contributed by atoms with Crippen LogP contribution in [0.5, 0.6) is 0 Å². The Hall–Kier alpha value is -2.69. The van der Waals surface area contributed by atoms with Crippen molar-refractivity contribution in [1.29, 1.82) is 0 Å². The fraction of sp³-hybridized carbons (Fsp3) is 0.263. The van der Waals surface area contributed by atoms with E-state index >= 15 is 0 Å². The highest BCUT2D eigenvalue weighted by Gasteiger charge is 2.26. The Kier molecular flexibility index (Phi) is 4.60. The molecule has 124 valence electrons. The van der Waals surface area contributed by atoms with Crippen molar-refractivity contribution in [2.45, 2.75) is 19.3 Å². The third-order valence-corrected chi connectivity index (χ3v) is 4.20. The first-order chi connectivity index (χ1) is 11.6. The summed E-state index contributed by atoms with van der Waals surface area (Å²) in [7, 11) is 1.34. The second-order valence-corrected chi connectivity index (χ2v) is 5.75. The summed E-state index contributed by atoms with van der Waals surface area (Å²) in [6.45, 7) is 0.589. The fourth-order valence-corrected chi connectivity index (χ4v) is 3.10. The molecule has 3 rings (SSSR count). The summed E-state index contributed by atoms with van der Waals surface area (Å²) >= 11 is 0. The molecule has 2 aromatic carbocycles. The molecule has 0 N–H and O–H groups in total. The molecule has 0 atom stereocenters. The Morgan fingerprint density at radius 3 is 2.75 bits per heavy atom. The van der Waals surface area contributed by atoms with Crippen LogP contribution in [0.4, 0.5) is 10.1 Å². The maximum absolute atomic E-state index is 13.3. The molecule has 1 amide bonds. The van der Waals surface area contributed by atoms with Crippen molar-refractivity contribution < 1.29 is 18.7 Å². The van der Waals surface area contributed by atoms with Gasteiger partial charge in [0.25, 0.3) is 0 Å². The van der Waals surface area contributed by atoms with Gasteiger partial charge < -0.3 is 9.64 Å². The third-order valence-electron chi connectivity index (χ3n) is 4.20. The summed E-state index contributed by atoms with van der Waals surface area (Å²) in [4.78, 5) is 26.3. The smallest absolute Gasteiger partial charge is 0.338 e. The number of carbonyl (C=O) groups is 2. The Balaban J connectivity index is 1.89. The standard InChI is InChI=1S/C19H18FNO3/c1-24-19(23)16-7-3-9-17-15(16)8-4-10-21(17)18(22)12-13-5-2-6-14(20)11-13/h2-3,5-7,9,11H,4,8,10,12H2,1H3. The van der Waals surface area contributed by atoms with Gasteiger partial charge in [0, 0.05) is 12.2 Å². The fourth-order valence-electron chi connectivity index (χ4n) is 3.10. The van der Waals surface area contributed by atoms with Crippen molar-refractivity contribution in [3.63, 3.8) is 0 Å². The first kappa shape index (κ1) is 16.2. The quantitative estimate of drug-likeness (QED) is 0.814. The lowest BCUT2D eigenvalue weighted by molar-refractivity contribution is -0.118. The summed E-state index contributed by atoms with van der Waals surface area (Å²) in [6, 6.07) is 11.4. The van der Waals surface area contributed by atoms with Crippen LogP contribution in [-0.4, -0.2) is 25.5 Å². The lowest BCUT2D eigenvalue weighted by atomic mass is 9.95. The van der Waals surface area contributed by atoms with E-state index < -0.39 is 5.97 Å². The van der Waals surface area contributed by atoms with Crippen LogP contribution in [0.25, 0.3) is 0 Å². The van der Waals surface area contributed by atoms with Crippen LogP contribution < -0.4 is 4.90 Å². The number of ether oxygens (including phenoxy) is 1. The maximum Gasteiger partial charge on any atom is 0.338 e. The SMILES string of the molecule is COC(=O)c1cccc2c1CCCN2C(=O)Cc1cccc(F)c1. The van der Waals surface area contributed by atoms with Crippen molar-refractivity contribution in [1.82, 2.24) is 0 Å². The van der Waals surface area contributed by atoms with Crippen LogP contribution in [0.2, 0.25) is 0 Å². The molecule has 2 aromatic rings. The number of anilines is 1. The number of amides is 1. The Morgan fingerprint density at radius 1 is 1.21 bits per heavy atom. The highest BCUT2D eigenvalue weighted by molar-refractivity contribution is 5.99. The van der Waals surface area contributed by atoms with E-state index in [1.54, 1.807) is 29.2 Å². The van der Waals surface area contributed by atoms with Crippen molar-refractivity contribution in [2.75, 3.05) is 18.6 Å². The van der Waals surface area contributed by atoms with Crippen molar-refractivity contribution >= 4 is 17.6 Å². The van der Waals surface area contributed by atoms with Crippen LogP contribution >= 0.6 is 0 Å². The van der Waals surface area contributed by atoms with Gasteiger partial charge in [0.1, 0.15) is 5.82 Å². The average Bonchev–Trinajstić information content (AvgIpc) is 2.60. The highest BCUT2D eigenvalue weighted by Crippen LogP contribution is 2.30. The molecule has 24 heavy (non-hydrogen) atoms. The first-order valence-corrected chi connectivity index (χ1v) is 7.85. The van der Waals surface area contributed by atoms with E-state index in [0.717, 1.165) is 24.1 Å². The van der Waals surface area contributed by atoms with Gasteiger partial charge in [0.2, 0.25) is 5.91 Å². The van der Waals surface area contributed by atoms with E-state index in [-0.39, 0.29) is 18.1 Å². The first-order valence-electron chi connectivity index (χ1n) is 7.85. The Labute approximate surface area is 139 Å². The number of benzene rings is 2. The molecule has 4 nitrogen and oxygen atoms in total. The van der Waals surface area contributed by atoms with E-state index in [9.17, 15) is 14.0 Å². The Bertz CT molecular complexity index is 788. The molecule has 5 heteroatoms. The van der Waals surface area contributed by atoms with Crippen LogP contribution in [0.15, 0.2) is 42.5 Å². The van der Waals surface area contributed by atoms with Gasteiger partial charge in [-0.25, -0.2) is 9.18 Å². The van der Waals surface area contributed by atoms with Gasteiger partial charge in [-0.05, 0) is 48.2 Å². The number of methoxy groups -OCH3 is 1. The minimum absolute atomic E-state index is 0.108. The number of carbonyl (C=O) groups excluding carboxylic acids is 2. The predicted molar refractivity (Wildman–Crippen MR) is 88.6 cm³/mol. The summed E-state index contributed by atoms with van der Waals surface area (Å²) in [5.74, 6) is -0.859. The van der Waals surface area contributed by atoms with Gasteiger partial charge >= 0.3 is 5.97 Å². The molecule has 0 fully saturated rings. The minimum atomic E-state index is -0.397. The van der Waals surface area contributed by atoms with Gasteiger partial charge in [-0.3, -0.25) is 4.79 Å². The van der Waals surface area contributed by atoms with E-state index in [1.165, 1.54) is 19.2 Å². The maximum atomic E-state index is 13.3. The lowest BCUT2D eigenvalue weighted by Crippen LogP contribution is -2.37. The van der Waals surface area contributed by atoms with E-state index in [4.69, 9.17) is 4.74 Å². The molecule has 0 spiro atoms. The topological polar surface area (TPSA) is 46.6 Å². The number of rotatable bonds is 3. The van der Waals surface area contributed by atoms with Crippen molar-refractivity contribution in [3.05, 3.63) is 65.0 Å². The van der Waals surface area contributed by atoms with Gasteiger partial charge in [-0.2, -0.15) is 0 Å². The average molecular weight is 327 g/mol. The normalized spacial score (nSPS) is 13.3. The van der Waals surface area contributed by atoms with Gasteiger partial charge in [-0.1, -0.05) is 18.2 Å². The van der Waals surface area contributed by atoms with Crippen LogP contribution in [0.1, 0.15) is 27.9 Å². The van der Waals surface area contributed by atoms with Gasteiger partial charge in [0.05, 0.1) is 19.1 Å². The molecule has 0 aromatic heterocycles. The summed E-state index contributed by atoms with van der Waals surface area (Å²) in [5.41, 5.74) is 2.71. The minimum Gasteiger partial charge on any atom is -0.465 e.